The lowest BCUT2D eigenvalue weighted by Crippen LogP contribution is -1.85. The summed E-state index contributed by atoms with van der Waals surface area (Å²) in [6.07, 6.45) is 18.0. The van der Waals surface area contributed by atoms with Gasteiger partial charge in [0, 0.05) is 95.5 Å². The maximum Gasteiger partial charge on any atom is 0.125 e. The monoisotopic (exact) mass is 1200 g/mol. The fourth-order valence-corrected chi connectivity index (χ4v) is 6.40. The minimum Gasteiger partial charge on any atom is -0.264 e. The van der Waals surface area contributed by atoms with Gasteiger partial charge in [0.2, 0.25) is 0 Å². The molecule has 2 aromatic carbocycles. The van der Waals surface area contributed by atoms with Crippen LogP contribution < -0.4 is 0 Å². The quantitative estimate of drug-likeness (QED) is 0.143. The lowest BCUT2D eigenvalue weighted by Gasteiger charge is -2.02. The van der Waals surface area contributed by atoms with Gasteiger partial charge in [-0.05, 0) is 186 Å². The number of pyridine rings is 5. The van der Waals surface area contributed by atoms with Gasteiger partial charge in [-0.25, -0.2) is 9.97 Å². The number of rotatable bonds is 0. The summed E-state index contributed by atoms with van der Waals surface area (Å²) in [6.45, 7) is 64.0. The number of aryl methyl sites for hydroxylation is 16. The molecule has 11 heteroatoms. The molecule has 10 rings (SSSR count). The predicted molar refractivity (Wildman–Crippen MR) is 389 cm³/mol. The van der Waals surface area contributed by atoms with Crippen LogP contribution in [-0.4, -0.2) is 54.8 Å². The first kappa shape index (κ1) is 91.1. The highest BCUT2D eigenvalue weighted by Gasteiger charge is 2.00. The second-order valence-corrected chi connectivity index (χ2v) is 17.5. The van der Waals surface area contributed by atoms with Crippen LogP contribution >= 0.6 is 0 Å². The van der Waals surface area contributed by atoms with E-state index < -0.39 is 0 Å². The van der Waals surface area contributed by atoms with Crippen molar-refractivity contribution in [2.75, 3.05) is 0 Å². The van der Waals surface area contributed by atoms with Crippen LogP contribution in [0.15, 0.2) is 153 Å². The highest BCUT2D eigenvalue weighted by atomic mass is 14.8. The van der Waals surface area contributed by atoms with E-state index in [1.165, 1.54) is 44.2 Å². The normalized spacial score (nSPS) is 8.45. The van der Waals surface area contributed by atoms with E-state index >= 15 is 0 Å². The van der Waals surface area contributed by atoms with Gasteiger partial charge in [-0.3, -0.25) is 44.9 Å². The Labute approximate surface area is 538 Å². The van der Waals surface area contributed by atoms with Crippen molar-refractivity contribution in [2.45, 2.75) is 222 Å². The van der Waals surface area contributed by atoms with E-state index in [0.29, 0.717) is 0 Å². The van der Waals surface area contributed by atoms with Crippen molar-refractivity contribution in [2.24, 2.45) is 0 Å². The average molecular weight is 1200 g/mol. The van der Waals surface area contributed by atoms with E-state index in [-0.39, 0.29) is 0 Å². The topological polar surface area (TPSA) is 142 Å². The van der Waals surface area contributed by atoms with Crippen molar-refractivity contribution in [1.82, 2.24) is 54.8 Å². The number of benzene rings is 2. The fraction of sp³-hybridized carbons (Fsp3) is 0.416. The number of aromatic nitrogens is 11. The fourth-order valence-electron chi connectivity index (χ4n) is 6.40. The summed E-state index contributed by atoms with van der Waals surface area (Å²) >= 11 is 0. The summed E-state index contributed by atoms with van der Waals surface area (Å²) < 4.78 is 0. The smallest absolute Gasteiger partial charge is 0.125 e. The molecule has 0 atom stereocenters. The zero-order valence-electron chi connectivity index (χ0n) is 61.4. The summed E-state index contributed by atoms with van der Waals surface area (Å²) in [5, 5.41) is 2.51. The van der Waals surface area contributed by atoms with Crippen molar-refractivity contribution in [3.63, 3.8) is 0 Å². The Hall–Kier alpha value is -8.05. The maximum atomic E-state index is 4.44. The Morgan fingerprint density at radius 1 is 0.239 bits per heavy atom. The molecule has 484 valence electrons. The lowest BCUT2D eigenvalue weighted by atomic mass is 10.1. The first-order valence-corrected chi connectivity index (χ1v) is 31.9. The molecule has 8 heterocycles. The molecule has 11 nitrogen and oxygen atoms in total. The molecule has 0 aliphatic carbocycles. The Bertz CT molecular complexity index is 2780. The van der Waals surface area contributed by atoms with Gasteiger partial charge in [-0.1, -0.05) is 165 Å². The number of nitrogens with zero attached hydrogens (tertiary/aromatic N) is 11. The van der Waals surface area contributed by atoms with Crippen LogP contribution in [0.1, 0.15) is 201 Å². The molecular formula is C77H121N11. The molecule has 0 amide bonds. The zero-order valence-corrected chi connectivity index (χ0v) is 61.4. The molecule has 0 aliphatic rings. The zero-order chi connectivity index (χ0) is 69.0. The van der Waals surface area contributed by atoms with Crippen molar-refractivity contribution in [3.8, 4) is 0 Å². The van der Waals surface area contributed by atoms with Gasteiger partial charge in [0.25, 0.3) is 0 Å². The van der Waals surface area contributed by atoms with Gasteiger partial charge < -0.3 is 0 Å². The Morgan fingerprint density at radius 2 is 0.670 bits per heavy atom. The number of para-hydroxylation sites is 1. The van der Waals surface area contributed by atoms with Gasteiger partial charge >= 0.3 is 0 Å². The maximum absolute atomic E-state index is 4.44. The molecule has 10 aromatic rings. The van der Waals surface area contributed by atoms with E-state index in [9.17, 15) is 0 Å². The molecule has 0 unspecified atom stereocenters. The Morgan fingerprint density at radius 3 is 1.05 bits per heavy atom. The second-order valence-electron chi connectivity index (χ2n) is 17.5. The highest BCUT2D eigenvalue weighted by Crippen LogP contribution is 2.19. The van der Waals surface area contributed by atoms with Gasteiger partial charge in [0.1, 0.15) is 5.82 Å². The van der Waals surface area contributed by atoms with Crippen molar-refractivity contribution >= 4 is 21.8 Å². The van der Waals surface area contributed by atoms with Crippen LogP contribution in [0.3, 0.4) is 0 Å². The van der Waals surface area contributed by atoms with Gasteiger partial charge in [0.15, 0.2) is 0 Å². The molecule has 0 saturated carbocycles. The van der Waals surface area contributed by atoms with Crippen LogP contribution in [0.5, 0.6) is 0 Å². The minimum absolute atomic E-state index is 0.829. The Kier molecular flexibility index (Phi) is 64.2. The molecule has 0 bridgehead atoms. The molecule has 0 fully saturated rings. The van der Waals surface area contributed by atoms with Crippen LogP contribution in [0.25, 0.3) is 21.8 Å². The third-order valence-corrected chi connectivity index (χ3v) is 10.0. The van der Waals surface area contributed by atoms with Gasteiger partial charge in [0.05, 0.1) is 33.8 Å². The van der Waals surface area contributed by atoms with Gasteiger partial charge in [-0.2, -0.15) is 0 Å². The minimum atomic E-state index is 0.829. The van der Waals surface area contributed by atoms with Crippen molar-refractivity contribution in [3.05, 3.63) is 243 Å². The van der Waals surface area contributed by atoms with E-state index in [2.05, 4.69) is 124 Å². The van der Waals surface area contributed by atoms with Crippen LogP contribution in [0, 0.1) is 111 Å². The van der Waals surface area contributed by atoms with Crippen molar-refractivity contribution < 1.29 is 0 Å². The van der Waals surface area contributed by atoms with Crippen molar-refractivity contribution in [1.29, 1.82) is 0 Å². The molecule has 88 heavy (non-hydrogen) atoms. The first-order chi connectivity index (χ1) is 42.3. The van der Waals surface area contributed by atoms with E-state index in [1.807, 2.05) is 280 Å². The summed E-state index contributed by atoms with van der Waals surface area (Å²) in [5.74, 6) is 0.829. The SMILES string of the molecule is CC.CC.CC.CC.CC.CC.CC.CC.Cc1cc(C)c2ccccc2n1.Cc1ccc(C)c2ncccc12.Cc1ccc(C)nc1.Cc1cccc(C)n1.Cc1cnc(C)cn1.Cc1cnc(C)nc1.Cc1cncc(C)c1.Cc1cncc(C)n1. The number of hydrogen-bond acceptors (Lipinski definition) is 11. The summed E-state index contributed by atoms with van der Waals surface area (Å²) in [5.41, 5.74) is 19.1. The van der Waals surface area contributed by atoms with E-state index in [4.69, 9.17) is 0 Å². The number of fused-ring (bicyclic) bond motifs is 2. The molecule has 0 aliphatic heterocycles. The molecule has 0 radical (unpaired) electrons. The third-order valence-electron chi connectivity index (χ3n) is 10.0. The summed E-state index contributed by atoms with van der Waals surface area (Å²) in [7, 11) is 0. The first-order valence-electron chi connectivity index (χ1n) is 31.9. The molecule has 0 spiro atoms. The predicted octanol–water partition coefficient (Wildman–Crippen LogP) is 22.3. The standard InChI is InChI=1S/2C11H11N.3C7H9N.3C6H8N2.8C2H6/c1-8-5-6-9(2)11-10(8)4-3-7-12-11;1-8-7-9(2)12-11-6-4-3-5-10(8)11;1-6-3-7(2)5-8-4-6;1-6-3-4-7(2)8-5-6;1-6-4-3-5-7(2)8-6;1-5-3-8-6(2)4-7-5;1-5-3-7-4-6(2)8-5;1-5-3-7-6(2)8-4-5;8*1-2/h2*3-7H,1-2H3;3*3-5H,1-2H3;3*3-4H,1-2H3;8*1-2H3. The number of hydrogen-bond donors (Lipinski definition) is 0. The third kappa shape index (κ3) is 47.1. The molecule has 0 N–H and O–H groups in total. The van der Waals surface area contributed by atoms with Gasteiger partial charge in [-0.15, -0.1) is 0 Å². The van der Waals surface area contributed by atoms with Crippen LogP contribution in [-0.2, 0) is 0 Å². The lowest BCUT2D eigenvalue weighted by molar-refractivity contribution is 1.03. The second kappa shape index (κ2) is 62.0. The van der Waals surface area contributed by atoms with Crippen LogP contribution in [0.4, 0.5) is 0 Å². The summed E-state index contributed by atoms with van der Waals surface area (Å²) in [4.78, 5) is 45.0. The average Bonchev–Trinajstić information content (AvgIpc) is 3.00. The molecular weight excluding hydrogens is 1080 g/mol. The molecule has 0 saturated heterocycles. The molecule has 8 aromatic heterocycles. The highest BCUT2D eigenvalue weighted by molar-refractivity contribution is 5.84. The Balaban J connectivity index is -0.000000212. The van der Waals surface area contributed by atoms with E-state index in [1.54, 1.807) is 24.8 Å². The van der Waals surface area contributed by atoms with E-state index in [0.717, 1.165) is 68.0 Å². The summed E-state index contributed by atoms with van der Waals surface area (Å²) in [6, 6.07) is 30.9. The van der Waals surface area contributed by atoms with Crippen LogP contribution in [0.2, 0.25) is 0 Å². The largest absolute Gasteiger partial charge is 0.264 e.